The van der Waals surface area contributed by atoms with E-state index in [4.69, 9.17) is 16.6 Å². The van der Waals surface area contributed by atoms with E-state index in [-0.39, 0.29) is 41.1 Å². The molecule has 2 aliphatic rings. The van der Waals surface area contributed by atoms with E-state index >= 15 is 0 Å². The fourth-order valence-electron chi connectivity index (χ4n) is 5.16. The predicted octanol–water partition coefficient (Wildman–Crippen LogP) is 4.97. The van der Waals surface area contributed by atoms with Crippen LogP contribution in [0.15, 0.2) is 24.3 Å². The molecule has 2 N–H and O–H groups in total. The Balaban J connectivity index is 1.51. The average Bonchev–Trinajstić information content (AvgIpc) is 3.35. The third kappa shape index (κ3) is 4.15. The van der Waals surface area contributed by atoms with E-state index in [0.717, 1.165) is 5.56 Å². The Hall–Kier alpha value is -3.65. The van der Waals surface area contributed by atoms with E-state index in [1.165, 1.54) is 12.1 Å². The molecule has 0 amide bonds. The molecule has 4 atom stereocenters. The second kappa shape index (κ2) is 8.48. The molecule has 1 saturated carbocycles. The maximum atomic E-state index is 13.2. The van der Waals surface area contributed by atoms with Crippen molar-refractivity contribution in [2.75, 3.05) is 23.3 Å². The summed E-state index contributed by atoms with van der Waals surface area (Å²) in [6.07, 6.45) is -4.22. The van der Waals surface area contributed by atoms with Crippen molar-refractivity contribution in [1.29, 1.82) is 5.26 Å². The number of carboxylic acid groups (broad SMARTS) is 1. The minimum atomic E-state index is -4.22. The van der Waals surface area contributed by atoms with Gasteiger partial charge in [0.25, 0.3) is 0 Å². The first-order chi connectivity index (χ1) is 17.0. The van der Waals surface area contributed by atoms with E-state index in [2.05, 4.69) is 15.3 Å². The van der Waals surface area contributed by atoms with Gasteiger partial charge in [-0.05, 0) is 49.4 Å². The number of nitrogens with zero attached hydrogens (tertiary/aromatic N) is 5. The number of carboxylic acids is 1. The molecule has 186 valence electrons. The molecule has 0 spiro atoms. The summed E-state index contributed by atoms with van der Waals surface area (Å²) >= 11 is 5.85. The Kier molecular flexibility index (Phi) is 5.67. The Bertz CT molecular complexity index is 1430. The number of carbonyl (C=O) groups is 1. The molecular weight excluding hydrogens is 497 g/mol. The van der Waals surface area contributed by atoms with Crippen molar-refractivity contribution in [1.82, 2.24) is 15.0 Å². The summed E-state index contributed by atoms with van der Waals surface area (Å²) in [5, 5.41) is 22.4. The highest BCUT2D eigenvalue weighted by Gasteiger charge is 2.67. The first-order valence-corrected chi connectivity index (χ1v) is 11.6. The van der Waals surface area contributed by atoms with Gasteiger partial charge in [-0.3, -0.25) is 0 Å². The van der Waals surface area contributed by atoms with E-state index < -0.39 is 35.9 Å². The van der Waals surface area contributed by atoms with Gasteiger partial charge in [-0.25, -0.2) is 19.7 Å². The van der Waals surface area contributed by atoms with Crippen LogP contribution in [-0.4, -0.2) is 45.3 Å². The lowest BCUT2D eigenvalue weighted by Gasteiger charge is -2.24. The summed E-state index contributed by atoms with van der Waals surface area (Å²) in [7, 11) is 0. The zero-order chi connectivity index (χ0) is 25.9. The monoisotopic (exact) mass is 516 g/mol. The van der Waals surface area contributed by atoms with Crippen molar-refractivity contribution in [3.63, 3.8) is 0 Å². The minimum Gasteiger partial charge on any atom is -0.476 e. The molecule has 0 bridgehead atoms. The van der Waals surface area contributed by atoms with Gasteiger partial charge in [0.15, 0.2) is 17.2 Å². The third-order valence-corrected chi connectivity index (χ3v) is 7.02. The fourth-order valence-corrected chi connectivity index (χ4v) is 5.31. The van der Waals surface area contributed by atoms with E-state index in [1.54, 1.807) is 11.0 Å². The number of fused-ring (bicyclic) bond motifs is 2. The maximum Gasteiger partial charge on any atom is 0.392 e. The minimum absolute atomic E-state index is 0.0440. The lowest BCUT2D eigenvalue weighted by molar-refractivity contribution is -0.154. The van der Waals surface area contributed by atoms with Gasteiger partial charge in [0.05, 0.1) is 28.7 Å². The Morgan fingerprint density at radius 1 is 1.25 bits per heavy atom. The van der Waals surface area contributed by atoms with Crippen LogP contribution in [0.2, 0.25) is 5.15 Å². The van der Waals surface area contributed by atoms with Gasteiger partial charge in [0, 0.05) is 18.7 Å². The fraction of sp³-hybridized carbons (Fsp3) is 0.375. The summed E-state index contributed by atoms with van der Waals surface area (Å²) in [4.78, 5) is 26.4. The number of aromatic nitrogens is 3. The number of hydrogen-bond acceptors (Lipinski definition) is 7. The Labute approximate surface area is 208 Å². The molecule has 36 heavy (non-hydrogen) atoms. The third-order valence-electron chi connectivity index (χ3n) is 6.81. The molecule has 1 aliphatic heterocycles. The number of benzene rings is 1. The van der Waals surface area contributed by atoms with E-state index in [0.29, 0.717) is 16.6 Å². The number of alkyl halides is 3. The van der Waals surface area contributed by atoms with Gasteiger partial charge in [-0.2, -0.15) is 18.4 Å². The highest BCUT2D eigenvalue weighted by molar-refractivity contribution is 6.29. The summed E-state index contributed by atoms with van der Waals surface area (Å²) in [6, 6.07) is 8.21. The van der Waals surface area contributed by atoms with Crippen LogP contribution in [0.25, 0.3) is 11.0 Å². The molecule has 2 fully saturated rings. The van der Waals surface area contributed by atoms with Crippen molar-refractivity contribution in [3.8, 4) is 6.07 Å². The lowest BCUT2D eigenvalue weighted by Crippen LogP contribution is -2.30. The summed E-state index contributed by atoms with van der Waals surface area (Å²) in [5.74, 6) is -3.29. The molecule has 1 aliphatic carbocycles. The second-order valence-electron chi connectivity index (χ2n) is 9.23. The first kappa shape index (κ1) is 24.1. The highest BCUT2D eigenvalue weighted by Crippen LogP contribution is 2.59. The van der Waals surface area contributed by atoms with Gasteiger partial charge in [-0.1, -0.05) is 17.7 Å². The maximum absolute atomic E-state index is 13.2. The largest absolute Gasteiger partial charge is 0.476 e. The molecule has 3 heterocycles. The topological polar surface area (TPSA) is 115 Å². The number of piperidine rings is 1. The molecule has 2 aromatic heterocycles. The first-order valence-electron chi connectivity index (χ1n) is 11.2. The number of nitriles is 1. The van der Waals surface area contributed by atoms with Crippen LogP contribution in [0.1, 0.15) is 40.3 Å². The van der Waals surface area contributed by atoms with Gasteiger partial charge < -0.3 is 15.3 Å². The summed E-state index contributed by atoms with van der Waals surface area (Å²) < 4.78 is 39.5. The van der Waals surface area contributed by atoms with Crippen LogP contribution >= 0.6 is 11.6 Å². The van der Waals surface area contributed by atoms with Crippen LogP contribution in [0, 0.1) is 36.0 Å². The molecule has 1 aromatic carbocycles. The van der Waals surface area contributed by atoms with Gasteiger partial charge in [0.2, 0.25) is 0 Å². The van der Waals surface area contributed by atoms with Crippen LogP contribution in [0.4, 0.5) is 24.7 Å². The quantitative estimate of drug-likeness (QED) is 0.456. The van der Waals surface area contributed by atoms with E-state index in [9.17, 15) is 28.3 Å². The Morgan fingerprint density at radius 2 is 1.94 bits per heavy atom. The zero-order valence-corrected chi connectivity index (χ0v) is 19.9. The van der Waals surface area contributed by atoms with Crippen molar-refractivity contribution in [3.05, 3.63) is 51.9 Å². The number of rotatable bonds is 5. The van der Waals surface area contributed by atoms with Crippen molar-refractivity contribution >= 4 is 40.1 Å². The zero-order valence-electron chi connectivity index (χ0n) is 19.1. The Morgan fingerprint density at radius 3 is 2.56 bits per heavy atom. The number of pyridine rings is 1. The van der Waals surface area contributed by atoms with Gasteiger partial charge in [-0.15, -0.1) is 0 Å². The van der Waals surface area contributed by atoms with Crippen LogP contribution in [0.5, 0.6) is 0 Å². The standard InChI is InChI=1S/C24H20ClF3N6O2/c1-10-5-12(11(2)30-15-3-4-18(25)32-21(15)23(35)36)20-16(6-10)31-17(7-29)22(33-20)34-8-13-14(9-34)19(13)24(26,27)28/h3-6,11,13-14,19,30H,8-9H2,1-2H3,(H,35,36)/t11-,13-,14+,19?/m1/s1. The summed E-state index contributed by atoms with van der Waals surface area (Å²) in [5.41, 5.74) is 2.55. The SMILES string of the molecule is Cc1cc([C@@H](C)Nc2ccc(Cl)nc2C(=O)O)c2nc(N3C[C@@H]4C(C(F)(F)F)[C@@H]4C3)c(C#N)nc2c1. The number of hydrogen-bond donors (Lipinski definition) is 2. The van der Waals surface area contributed by atoms with E-state index in [1.807, 2.05) is 26.0 Å². The molecule has 1 saturated heterocycles. The van der Waals surface area contributed by atoms with Gasteiger partial charge >= 0.3 is 12.1 Å². The van der Waals surface area contributed by atoms with Gasteiger partial charge in [0.1, 0.15) is 11.2 Å². The molecule has 12 heteroatoms. The smallest absolute Gasteiger partial charge is 0.392 e. The lowest BCUT2D eigenvalue weighted by atomic mass is 10.0. The number of halogens is 4. The number of nitrogens with one attached hydrogen (secondary N) is 1. The molecule has 3 aromatic rings. The molecule has 8 nitrogen and oxygen atoms in total. The van der Waals surface area contributed by atoms with Crippen molar-refractivity contribution in [2.45, 2.75) is 26.1 Å². The van der Waals surface area contributed by atoms with Crippen molar-refractivity contribution < 1.29 is 23.1 Å². The number of aromatic carboxylic acids is 1. The second-order valence-corrected chi connectivity index (χ2v) is 9.62. The predicted molar refractivity (Wildman–Crippen MR) is 126 cm³/mol. The number of anilines is 2. The molecule has 1 unspecified atom stereocenters. The van der Waals surface area contributed by atoms with Crippen LogP contribution in [-0.2, 0) is 0 Å². The highest BCUT2D eigenvalue weighted by atomic mass is 35.5. The molecule has 5 rings (SSSR count). The van der Waals surface area contributed by atoms with Crippen molar-refractivity contribution in [2.24, 2.45) is 17.8 Å². The van der Waals surface area contributed by atoms with Crippen LogP contribution < -0.4 is 10.2 Å². The number of aryl methyl sites for hydroxylation is 1. The summed E-state index contributed by atoms with van der Waals surface area (Å²) in [6.45, 7) is 4.00. The molecular formula is C24H20ClF3N6O2. The molecule has 0 radical (unpaired) electrons. The normalized spacial score (nSPS) is 21.7. The van der Waals surface area contributed by atoms with Crippen LogP contribution in [0.3, 0.4) is 0 Å². The average molecular weight is 517 g/mol.